The van der Waals surface area contributed by atoms with Crippen molar-refractivity contribution in [3.63, 3.8) is 0 Å². The molecule has 0 spiro atoms. The lowest BCUT2D eigenvalue weighted by Crippen LogP contribution is -2.06. The van der Waals surface area contributed by atoms with Crippen LogP contribution >= 0.6 is 0 Å². The number of aryl methyl sites for hydroxylation is 2. The molecule has 1 atom stereocenters. The van der Waals surface area contributed by atoms with E-state index in [0.717, 1.165) is 17.2 Å². The summed E-state index contributed by atoms with van der Waals surface area (Å²) in [5, 5.41) is 0. The third-order valence-electron chi connectivity index (χ3n) is 1.58. The summed E-state index contributed by atoms with van der Waals surface area (Å²) in [4.78, 5) is 7.34. The number of imidazole rings is 1. The van der Waals surface area contributed by atoms with Crippen LogP contribution in [0.1, 0.15) is 30.2 Å². The lowest BCUT2D eigenvalue weighted by Gasteiger charge is -1.96. The first kappa shape index (κ1) is 7.28. The van der Waals surface area contributed by atoms with E-state index in [1.807, 2.05) is 20.8 Å². The van der Waals surface area contributed by atoms with Crippen LogP contribution in [0.2, 0.25) is 0 Å². The number of nitrogens with zero attached hydrogens (tertiary/aromatic N) is 1. The average Bonchev–Trinajstić information content (AvgIpc) is 2.13. The average molecular weight is 139 g/mol. The van der Waals surface area contributed by atoms with Gasteiger partial charge in [0.25, 0.3) is 0 Å². The summed E-state index contributed by atoms with van der Waals surface area (Å²) < 4.78 is 0. The summed E-state index contributed by atoms with van der Waals surface area (Å²) in [5.74, 6) is 0.870. The molecule has 0 saturated heterocycles. The maximum atomic E-state index is 5.60. The zero-order valence-corrected chi connectivity index (χ0v) is 6.60. The van der Waals surface area contributed by atoms with Gasteiger partial charge in [-0.25, -0.2) is 4.98 Å². The van der Waals surface area contributed by atoms with Crippen LogP contribution in [0.5, 0.6) is 0 Å². The summed E-state index contributed by atoms with van der Waals surface area (Å²) >= 11 is 0. The molecule has 0 radical (unpaired) electrons. The second kappa shape index (κ2) is 2.42. The largest absolute Gasteiger partial charge is 0.345 e. The molecule has 3 nitrogen and oxygen atoms in total. The van der Waals surface area contributed by atoms with Crippen LogP contribution in [0.4, 0.5) is 0 Å². The Balaban J connectivity index is 2.98. The summed E-state index contributed by atoms with van der Waals surface area (Å²) in [7, 11) is 0. The van der Waals surface area contributed by atoms with Crippen molar-refractivity contribution in [3.8, 4) is 0 Å². The van der Waals surface area contributed by atoms with E-state index in [9.17, 15) is 0 Å². The second-order valence-corrected chi connectivity index (χ2v) is 2.62. The number of hydrogen-bond acceptors (Lipinski definition) is 2. The van der Waals surface area contributed by atoms with E-state index in [4.69, 9.17) is 5.73 Å². The predicted molar refractivity (Wildman–Crippen MR) is 40.7 cm³/mol. The molecule has 1 rings (SSSR count). The first-order chi connectivity index (χ1) is 4.61. The Labute approximate surface area is 60.7 Å². The van der Waals surface area contributed by atoms with Crippen LogP contribution < -0.4 is 5.73 Å². The first-order valence-electron chi connectivity index (χ1n) is 3.40. The van der Waals surface area contributed by atoms with Gasteiger partial charge in [-0.15, -0.1) is 0 Å². The molecule has 0 bridgehead atoms. The number of rotatable bonds is 1. The quantitative estimate of drug-likeness (QED) is 0.611. The van der Waals surface area contributed by atoms with Crippen molar-refractivity contribution in [2.24, 2.45) is 5.73 Å². The van der Waals surface area contributed by atoms with Crippen LogP contribution in [0.25, 0.3) is 0 Å². The van der Waals surface area contributed by atoms with Gasteiger partial charge in [-0.2, -0.15) is 0 Å². The molecule has 0 aromatic carbocycles. The highest BCUT2D eigenvalue weighted by atomic mass is 15.0. The van der Waals surface area contributed by atoms with E-state index in [0.29, 0.717) is 0 Å². The Morgan fingerprint density at radius 3 is 2.30 bits per heavy atom. The maximum absolute atomic E-state index is 5.60. The number of hydrogen-bond donors (Lipinski definition) is 2. The zero-order valence-electron chi connectivity index (χ0n) is 6.60. The number of aromatic amines is 1. The van der Waals surface area contributed by atoms with Gasteiger partial charge in [0.2, 0.25) is 0 Å². The molecule has 0 aliphatic heterocycles. The minimum atomic E-state index is 0.00685. The number of aromatic nitrogens is 2. The van der Waals surface area contributed by atoms with E-state index in [1.165, 1.54) is 0 Å². The van der Waals surface area contributed by atoms with E-state index in [2.05, 4.69) is 9.97 Å². The van der Waals surface area contributed by atoms with E-state index < -0.39 is 0 Å². The second-order valence-electron chi connectivity index (χ2n) is 2.62. The third-order valence-corrected chi connectivity index (χ3v) is 1.58. The topological polar surface area (TPSA) is 54.7 Å². The first-order valence-corrected chi connectivity index (χ1v) is 3.40. The van der Waals surface area contributed by atoms with Crippen molar-refractivity contribution in [2.75, 3.05) is 0 Å². The van der Waals surface area contributed by atoms with E-state index in [-0.39, 0.29) is 6.04 Å². The van der Waals surface area contributed by atoms with Crippen molar-refractivity contribution in [1.82, 2.24) is 9.97 Å². The Morgan fingerprint density at radius 1 is 1.50 bits per heavy atom. The Bertz CT molecular complexity index is 205. The molecule has 0 saturated carbocycles. The van der Waals surface area contributed by atoms with Crippen LogP contribution in [0, 0.1) is 13.8 Å². The van der Waals surface area contributed by atoms with Gasteiger partial charge in [-0.05, 0) is 20.8 Å². The molecule has 1 unspecified atom stereocenters. The van der Waals surface area contributed by atoms with Crippen LogP contribution in [-0.2, 0) is 0 Å². The molecule has 10 heavy (non-hydrogen) atoms. The molecule has 0 aliphatic rings. The van der Waals surface area contributed by atoms with Crippen molar-refractivity contribution in [1.29, 1.82) is 0 Å². The van der Waals surface area contributed by atoms with Crippen LogP contribution in [-0.4, -0.2) is 9.97 Å². The maximum Gasteiger partial charge on any atom is 0.123 e. The molecular weight excluding hydrogens is 126 g/mol. The van der Waals surface area contributed by atoms with Crippen LogP contribution in [0.3, 0.4) is 0 Å². The van der Waals surface area contributed by atoms with Crippen molar-refractivity contribution >= 4 is 0 Å². The van der Waals surface area contributed by atoms with Gasteiger partial charge in [-0.3, -0.25) is 0 Å². The monoisotopic (exact) mass is 139 g/mol. The fourth-order valence-electron chi connectivity index (χ4n) is 0.791. The molecule has 1 aromatic heterocycles. The molecule has 56 valence electrons. The summed E-state index contributed by atoms with van der Waals surface area (Å²) in [5.41, 5.74) is 7.74. The molecule has 3 heteroatoms. The van der Waals surface area contributed by atoms with E-state index in [1.54, 1.807) is 0 Å². The zero-order chi connectivity index (χ0) is 7.72. The Hall–Kier alpha value is -0.830. The Morgan fingerprint density at radius 2 is 2.10 bits per heavy atom. The van der Waals surface area contributed by atoms with Crippen LogP contribution in [0.15, 0.2) is 0 Å². The smallest absolute Gasteiger partial charge is 0.123 e. The highest BCUT2D eigenvalue weighted by molar-refractivity contribution is 5.12. The minimum Gasteiger partial charge on any atom is -0.345 e. The molecule has 3 N–H and O–H groups in total. The molecule has 1 aromatic rings. The van der Waals surface area contributed by atoms with Crippen molar-refractivity contribution in [2.45, 2.75) is 26.8 Å². The lowest BCUT2D eigenvalue weighted by atomic mass is 10.3. The molecular formula is C7H13N3. The van der Waals surface area contributed by atoms with Gasteiger partial charge >= 0.3 is 0 Å². The molecule has 0 aliphatic carbocycles. The number of nitrogens with two attached hydrogens (primary N) is 1. The molecule has 0 fully saturated rings. The summed E-state index contributed by atoms with van der Waals surface area (Å²) in [6.07, 6.45) is 0. The normalized spacial score (nSPS) is 13.6. The Kier molecular flexibility index (Phi) is 1.76. The van der Waals surface area contributed by atoms with Gasteiger partial charge < -0.3 is 10.7 Å². The molecule has 0 amide bonds. The standard InChI is InChI=1S/C7H13N3/c1-4(8)7-9-5(2)6(3)10-7/h4H,8H2,1-3H3,(H,9,10). The molecule has 1 heterocycles. The minimum absolute atomic E-state index is 0.00685. The fraction of sp³-hybridized carbons (Fsp3) is 0.571. The fourth-order valence-corrected chi connectivity index (χ4v) is 0.791. The van der Waals surface area contributed by atoms with Gasteiger partial charge in [-0.1, -0.05) is 0 Å². The predicted octanol–water partition coefficient (Wildman–Crippen LogP) is 1.05. The SMILES string of the molecule is Cc1nc(C(C)N)[nH]c1C. The summed E-state index contributed by atoms with van der Waals surface area (Å²) in [6.45, 7) is 5.88. The third kappa shape index (κ3) is 1.19. The van der Waals surface area contributed by atoms with Gasteiger partial charge in [0.1, 0.15) is 5.82 Å². The van der Waals surface area contributed by atoms with Crippen molar-refractivity contribution < 1.29 is 0 Å². The number of H-pyrrole nitrogens is 1. The number of nitrogens with one attached hydrogen (secondary N) is 1. The summed E-state index contributed by atoms with van der Waals surface area (Å²) in [6, 6.07) is 0.00685. The van der Waals surface area contributed by atoms with Gasteiger partial charge in [0.05, 0.1) is 11.7 Å². The lowest BCUT2D eigenvalue weighted by molar-refractivity contribution is 0.752. The van der Waals surface area contributed by atoms with E-state index >= 15 is 0 Å². The van der Waals surface area contributed by atoms with Crippen molar-refractivity contribution in [3.05, 3.63) is 17.2 Å². The van der Waals surface area contributed by atoms with Gasteiger partial charge in [0.15, 0.2) is 0 Å². The highest BCUT2D eigenvalue weighted by Gasteiger charge is 2.04. The van der Waals surface area contributed by atoms with Gasteiger partial charge in [0, 0.05) is 5.69 Å². The highest BCUT2D eigenvalue weighted by Crippen LogP contribution is 2.07.